The van der Waals surface area contributed by atoms with Crippen molar-refractivity contribution < 1.29 is 12.8 Å². The summed E-state index contributed by atoms with van der Waals surface area (Å²) in [4.78, 5) is 0. The van der Waals surface area contributed by atoms with E-state index in [2.05, 4.69) is 10.0 Å². The summed E-state index contributed by atoms with van der Waals surface area (Å²) in [5.41, 5.74) is 1.68. The Hall–Kier alpha value is -0.950. The summed E-state index contributed by atoms with van der Waals surface area (Å²) >= 11 is 0. The molecule has 4 nitrogen and oxygen atoms in total. The van der Waals surface area contributed by atoms with Crippen molar-refractivity contribution in [2.45, 2.75) is 12.2 Å². The summed E-state index contributed by atoms with van der Waals surface area (Å²) in [6.07, 6.45) is 2.86. The van der Waals surface area contributed by atoms with Crippen LogP contribution in [0.4, 0.5) is 4.39 Å². The van der Waals surface area contributed by atoms with E-state index in [4.69, 9.17) is 0 Å². The number of sulfonamides is 1. The summed E-state index contributed by atoms with van der Waals surface area (Å²) < 4.78 is 39.1. The normalized spacial score (nSPS) is 15.3. The highest BCUT2D eigenvalue weighted by Crippen LogP contribution is 2.08. The fraction of sp³-hybridized carbons (Fsp3) is 0.385. The molecule has 2 rings (SSSR count). The van der Waals surface area contributed by atoms with Crippen LogP contribution in [0.3, 0.4) is 0 Å². The van der Waals surface area contributed by atoms with Gasteiger partial charge in [0.25, 0.3) is 0 Å². The Morgan fingerprint density at radius 3 is 2.55 bits per heavy atom. The third-order valence-corrected chi connectivity index (χ3v) is 4.24. The van der Waals surface area contributed by atoms with Crippen LogP contribution < -0.4 is 10.0 Å². The molecule has 1 aliphatic rings. The predicted molar refractivity (Wildman–Crippen MR) is 79.8 cm³/mol. The highest BCUT2D eigenvalue weighted by atomic mass is 35.5. The third-order valence-electron chi connectivity index (χ3n) is 2.95. The molecule has 1 aliphatic heterocycles. The summed E-state index contributed by atoms with van der Waals surface area (Å²) in [6.45, 7) is 2.02. The standard InChI is InChI=1S/C13H17FN2O2S.ClH/c14-13-3-1-12(2-4-13)10-19(17,18)16-9-11-5-7-15-8-6-11;/h1-5,15-16H,6-10H2;1H. The Morgan fingerprint density at radius 2 is 1.95 bits per heavy atom. The second kappa shape index (κ2) is 7.73. The SMILES string of the molecule is Cl.O=S(=O)(Cc1ccc(F)cc1)NCC1=CCNCC1. The minimum atomic E-state index is -3.38. The van der Waals surface area contributed by atoms with Gasteiger partial charge in [0, 0.05) is 13.1 Å². The molecule has 112 valence electrons. The second-order valence-corrected chi connectivity index (χ2v) is 6.33. The van der Waals surface area contributed by atoms with Crippen LogP contribution in [0.5, 0.6) is 0 Å². The molecule has 0 fully saturated rings. The first-order chi connectivity index (χ1) is 9.05. The van der Waals surface area contributed by atoms with Crippen molar-refractivity contribution in [1.82, 2.24) is 10.0 Å². The number of halogens is 2. The van der Waals surface area contributed by atoms with Gasteiger partial charge in [-0.2, -0.15) is 0 Å². The number of rotatable bonds is 5. The number of benzene rings is 1. The van der Waals surface area contributed by atoms with Gasteiger partial charge in [0.2, 0.25) is 10.0 Å². The maximum atomic E-state index is 12.7. The van der Waals surface area contributed by atoms with Crippen molar-refractivity contribution >= 4 is 22.4 Å². The Bertz CT molecular complexity index is 558. The molecule has 1 aromatic carbocycles. The molecule has 7 heteroatoms. The van der Waals surface area contributed by atoms with Crippen molar-refractivity contribution in [2.75, 3.05) is 19.6 Å². The average molecular weight is 321 g/mol. The number of hydrogen-bond acceptors (Lipinski definition) is 3. The number of nitrogens with one attached hydrogen (secondary N) is 2. The Labute approximate surface area is 124 Å². The van der Waals surface area contributed by atoms with E-state index in [1.807, 2.05) is 6.08 Å². The van der Waals surface area contributed by atoms with Crippen LogP contribution in [0.2, 0.25) is 0 Å². The maximum absolute atomic E-state index is 12.7. The van der Waals surface area contributed by atoms with Crippen LogP contribution in [0, 0.1) is 5.82 Å². The van der Waals surface area contributed by atoms with E-state index in [-0.39, 0.29) is 24.0 Å². The highest BCUT2D eigenvalue weighted by Gasteiger charge is 2.12. The molecule has 20 heavy (non-hydrogen) atoms. The lowest BCUT2D eigenvalue weighted by atomic mass is 10.1. The van der Waals surface area contributed by atoms with Gasteiger partial charge in [-0.3, -0.25) is 0 Å². The monoisotopic (exact) mass is 320 g/mol. The van der Waals surface area contributed by atoms with E-state index in [1.165, 1.54) is 24.3 Å². The molecule has 2 N–H and O–H groups in total. The highest BCUT2D eigenvalue weighted by molar-refractivity contribution is 7.88. The Balaban J connectivity index is 0.00000200. The van der Waals surface area contributed by atoms with E-state index in [9.17, 15) is 12.8 Å². The Kier molecular flexibility index (Phi) is 6.61. The van der Waals surface area contributed by atoms with Crippen LogP contribution in [0.15, 0.2) is 35.9 Å². The molecule has 0 saturated heterocycles. The van der Waals surface area contributed by atoms with Gasteiger partial charge in [-0.25, -0.2) is 17.5 Å². The summed E-state index contributed by atoms with van der Waals surface area (Å²) in [6, 6.07) is 5.50. The molecular weight excluding hydrogens is 303 g/mol. The third kappa shape index (κ3) is 5.58. The van der Waals surface area contributed by atoms with Gasteiger partial charge in [0.15, 0.2) is 0 Å². The fourth-order valence-electron chi connectivity index (χ4n) is 1.88. The molecule has 0 aliphatic carbocycles. The zero-order chi connectivity index (χ0) is 13.7. The van der Waals surface area contributed by atoms with Crippen molar-refractivity contribution in [3.63, 3.8) is 0 Å². The zero-order valence-corrected chi connectivity index (χ0v) is 12.6. The van der Waals surface area contributed by atoms with E-state index < -0.39 is 10.0 Å². The molecule has 0 atom stereocenters. The largest absolute Gasteiger partial charge is 0.313 e. The molecule has 1 aromatic rings. The van der Waals surface area contributed by atoms with Gasteiger partial charge in [-0.1, -0.05) is 23.8 Å². The number of hydrogen-bond donors (Lipinski definition) is 2. The average Bonchev–Trinajstić information content (AvgIpc) is 2.40. The first-order valence-electron chi connectivity index (χ1n) is 6.15. The fourth-order valence-corrected chi connectivity index (χ4v) is 3.02. The van der Waals surface area contributed by atoms with E-state index >= 15 is 0 Å². The minimum absolute atomic E-state index is 0. The van der Waals surface area contributed by atoms with E-state index in [0.29, 0.717) is 12.1 Å². The maximum Gasteiger partial charge on any atom is 0.216 e. The van der Waals surface area contributed by atoms with E-state index in [1.54, 1.807) is 0 Å². The predicted octanol–water partition coefficient (Wildman–Crippen LogP) is 1.59. The van der Waals surface area contributed by atoms with Crippen LogP contribution >= 0.6 is 12.4 Å². The Morgan fingerprint density at radius 1 is 1.25 bits per heavy atom. The van der Waals surface area contributed by atoms with Crippen molar-refractivity contribution in [2.24, 2.45) is 0 Å². The van der Waals surface area contributed by atoms with Gasteiger partial charge in [0.05, 0.1) is 5.75 Å². The summed E-state index contributed by atoms with van der Waals surface area (Å²) in [5, 5.41) is 3.17. The molecule has 0 aromatic heterocycles. The van der Waals surface area contributed by atoms with Crippen LogP contribution in [0.25, 0.3) is 0 Å². The lowest BCUT2D eigenvalue weighted by molar-refractivity contribution is 0.581. The van der Waals surface area contributed by atoms with Crippen LogP contribution in [0.1, 0.15) is 12.0 Å². The molecule has 0 spiro atoms. The second-order valence-electron chi connectivity index (χ2n) is 4.52. The first-order valence-corrected chi connectivity index (χ1v) is 7.81. The lowest BCUT2D eigenvalue weighted by Crippen LogP contribution is -2.30. The van der Waals surface area contributed by atoms with Gasteiger partial charge in [-0.05, 0) is 30.7 Å². The van der Waals surface area contributed by atoms with Gasteiger partial charge < -0.3 is 5.32 Å². The van der Waals surface area contributed by atoms with Crippen LogP contribution in [-0.2, 0) is 15.8 Å². The topological polar surface area (TPSA) is 58.2 Å². The molecule has 0 amide bonds. The van der Waals surface area contributed by atoms with Gasteiger partial charge in [0.1, 0.15) is 5.82 Å². The summed E-state index contributed by atoms with van der Waals surface area (Å²) in [5.74, 6) is -0.493. The lowest BCUT2D eigenvalue weighted by Gasteiger charge is -2.14. The van der Waals surface area contributed by atoms with Crippen molar-refractivity contribution in [3.8, 4) is 0 Å². The van der Waals surface area contributed by atoms with Gasteiger partial charge >= 0.3 is 0 Å². The zero-order valence-electron chi connectivity index (χ0n) is 10.9. The molecule has 0 radical (unpaired) electrons. The van der Waals surface area contributed by atoms with Gasteiger partial charge in [-0.15, -0.1) is 12.4 Å². The smallest absolute Gasteiger partial charge is 0.216 e. The minimum Gasteiger partial charge on any atom is -0.313 e. The molecule has 1 heterocycles. The molecular formula is C13H18ClFN2O2S. The molecule has 0 bridgehead atoms. The molecule has 0 unspecified atom stereocenters. The summed E-state index contributed by atoms with van der Waals surface area (Å²) in [7, 11) is -3.38. The van der Waals surface area contributed by atoms with Crippen LogP contribution in [-0.4, -0.2) is 28.1 Å². The van der Waals surface area contributed by atoms with E-state index in [0.717, 1.165) is 25.1 Å². The van der Waals surface area contributed by atoms with Crippen molar-refractivity contribution in [1.29, 1.82) is 0 Å². The first kappa shape index (κ1) is 17.1. The van der Waals surface area contributed by atoms with Crippen molar-refractivity contribution in [3.05, 3.63) is 47.3 Å². The molecule has 0 saturated carbocycles. The quantitative estimate of drug-likeness (QED) is 0.810.